The highest BCUT2D eigenvalue weighted by Gasteiger charge is 2.04. The Morgan fingerprint density at radius 1 is 1.75 bits per heavy atom. The molecule has 1 rings (SSSR count). The van der Waals surface area contributed by atoms with Crippen LogP contribution in [0.25, 0.3) is 0 Å². The van der Waals surface area contributed by atoms with E-state index in [9.17, 15) is 0 Å². The summed E-state index contributed by atoms with van der Waals surface area (Å²) in [5, 5.41) is 8.48. The fourth-order valence-corrected chi connectivity index (χ4v) is 1.02. The zero-order valence-corrected chi connectivity index (χ0v) is 8.08. The third kappa shape index (κ3) is 2.21. The maximum atomic E-state index is 8.48. The van der Waals surface area contributed by atoms with Crippen molar-refractivity contribution < 1.29 is 4.74 Å². The van der Waals surface area contributed by atoms with Gasteiger partial charge in [-0.1, -0.05) is 0 Å². The fraction of sp³-hybridized carbons (Fsp3) is 0.250. The molecule has 4 heteroatoms. The normalized spacial score (nSPS) is 11.8. The van der Waals surface area contributed by atoms with Crippen LogP contribution in [0.5, 0.6) is 5.75 Å². The molecule has 0 amide bonds. The highest BCUT2D eigenvalue weighted by molar-refractivity contribution is 9.10. The van der Waals surface area contributed by atoms with Gasteiger partial charge >= 0.3 is 0 Å². The predicted octanol–water partition coefficient (Wildman–Crippen LogP) is 2.13. The number of halogens is 1. The molecule has 1 atom stereocenters. The Hall–Kier alpha value is -1.08. The topological polar surface area (TPSA) is 45.9 Å². The van der Waals surface area contributed by atoms with Crippen LogP contribution in [0.2, 0.25) is 0 Å². The van der Waals surface area contributed by atoms with Crippen LogP contribution < -0.4 is 4.74 Å². The van der Waals surface area contributed by atoms with Crippen molar-refractivity contribution in [2.45, 2.75) is 13.0 Å². The van der Waals surface area contributed by atoms with Crippen LogP contribution >= 0.6 is 15.9 Å². The minimum Gasteiger partial charge on any atom is -0.473 e. The SMILES string of the molecule is CC(C#N)Oc1cccnc1Br. The molecule has 0 spiro atoms. The summed E-state index contributed by atoms with van der Waals surface area (Å²) in [6.45, 7) is 1.68. The molecule has 0 fully saturated rings. The van der Waals surface area contributed by atoms with Crippen molar-refractivity contribution in [3.05, 3.63) is 22.9 Å². The molecule has 3 nitrogen and oxygen atoms in total. The van der Waals surface area contributed by atoms with Gasteiger partial charge in [0.2, 0.25) is 0 Å². The molecule has 62 valence electrons. The van der Waals surface area contributed by atoms with E-state index in [-0.39, 0.29) is 0 Å². The smallest absolute Gasteiger partial charge is 0.181 e. The molecule has 1 heterocycles. The molecule has 0 radical (unpaired) electrons. The average molecular weight is 227 g/mol. The van der Waals surface area contributed by atoms with E-state index in [2.05, 4.69) is 20.9 Å². The summed E-state index contributed by atoms with van der Waals surface area (Å²) in [7, 11) is 0. The number of ether oxygens (including phenoxy) is 1. The van der Waals surface area contributed by atoms with Gasteiger partial charge in [-0.05, 0) is 35.0 Å². The summed E-state index contributed by atoms with van der Waals surface area (Å²) in [5.41, 5.74) is 0. The molecule has 1 aromatic heterocycles. The lowest BCUT2D eigenvalue weighted by atomic mass is 10.4. The van der Waals surface area contributed by atoms with Gasteiger partial charge < -0.3 is 4.74 Å². The van der Waals surface area contributed by atoms with Crippen molar-refractivity contribution in [3.8, 4) is 11.8 Å². The first kappa shape index (κ1) is 9.01. The summed E-state index contributed by atoms with van der Waals surface area (Å²) < 4.78 is 5.84. The van der Waals surface area contributed by atoms with E-state index < -0.39 is 6.10 Å². The van der Waals surface area contributed by atoms with Gasteiger partial charge in [0.15, 0.2) is 11.9 Å². The molecule has 0 bridgehead atoms. The number of nitriles is 1. The molecule has 0 aliphatic carbocycles. The van der Waals surface area contributed by atoms with Crippen molar-refractivity contribution in [3.63, 3.8) is 0 Å². The Balaban J connectivity index is 2.77. The minimum atomic E-state index is -0.453. The minimum absolute atomic E-state index is 0.453. The number of nitrogens with zero attached hydrogens (tertiary/aromatic N) is 2. The van der Waals surface area contributed by atoms with Crippen LogP contribution in [0.4, 0.5) is 0 Å². The summed E-state index contributed by atoms with van der Waals surface area (Å²) >= 11 is 3.21. The first-order valence-electron chi connectivity index (χ1n) is 3.41. The molecule has 1 aromatic rings. The molecular weight excluding hydrogens is 220 g/mol. The molecule has 1 unspecified atom stereocenters. The van der Waals surface area contributed by atoms with Crippen LogP contribution in [0.15, 0.2) is 22.9 Å². The van der Waals surface area contributed by atoms with Crippen molar-refractivity contribution in [2.75, 3.05) is 0 Å². The molecule has 12 heavy (non-hydrogen) atoms. The Morgan fingerprint density at radius 2 is 2.50 bits per heavy atom. The molecule has 0 aliphatic rings. The summed E-state index contributed by atoms with van der Waals surface area (Å²) in [5.74, 6) is 0.589. The van der Waals surface area contributed by atoms with Crippen LogP contribution in [0.1, 0.15) is 6.92 Å². The first-order valence-corrected chi connectivity index (χ1v) is 4.20. The number of hydrogen-bond acceptors (Lipinski definition) is 3. The van der Waals surface area contributed by atoms with Gasteiger partial charge in [0.05, 0.1) is 0 Å². The first-order chi connectivity index (χ1) is 5.74. The molecular formula is C8H7BrN2O. The summed E-state index contributed by atoms with van der Waals surface area (Å²) in [6, 6.07) is 5.48. The molecule has 0 N–H and O–H groups in total. The van der Waals surface area contributed by atoms with Crippen LogP contribution in [0.3, 0.4) is 0 Å². The number of pyridine rings is 1. The third-order valence-electron chi connectivity index (χ3n) is 1.21. The van der Waals surface area contributed by atoms with Gasteiger partial charge in [-0.15, -0.1) is 0 Å². The van der Waals surface area contributed by atoms with E-state index in [1.165, 1.54) is 0 Å². The highest BCUT2D eigenvalue weighted by Crippen LogP contribution is 2.21. The van der Waals surface area contributed by atoms with Gasteiger partial charge in [0.1, 0.15) is 10.7 Å². The second kappa shape index (κ2) is 4.07. The van der Waals surface area contributed by atoms with Crippen molar-refractivity contribution >= 4 is 15.9 Å². The van der Waals surface area contributed by atoms with Crippen molar-refractivity contribution in [2.24, 2.45) is 0 Å². The Kier molecular flexibility index (Phi) is 3.06. The van der Waals surface area contributed by atoms with Crippen LogP contribution in [-0.2, 0) is 0 Å². The molecule has 0 saturated heterocycles. The lowest BCUT2D eigenvalue weighted by molar-refractivity contribution is 0.273. The van der Waals surface area contributed by atoms with E-state index in [0.717, 1.165) is 0 Å². The van der Waals surface area contributed by atoms with Gasteiger partial charge in [-0.3, -0.25) is 0 Å². The zero-order chi connectivity index (χ0) is 8.97. The largest absolute Gasteiger partial charge is 0.473 e. The van der Waals surface area contributed by atoms with E-state index in [4.69, 9.17) is 10.00 Å². The second-order valence-electron chi connectivity index (χ2n) is 2.18. The Morgan fingerprint density at radius 3 is 3.08 bits per heavy atom. The highest BCUT2D eigenvalue weighted by atomic mass is 79.9. The van der Waals surface area contributed by atoms with Crippen molar-refractivity contribution in [1.82, 2.24) is 4.98 Å². The van der Waals surface area contributed by atoms with E-state index >= 15 is 0 Å². The number of hydrogen-bond donors (Lipinski definition) is 0. The third-order valence-corrected chi connectivity index (χ3v) is 1.81. The molecule has 0 aliphatic heterocycles. The maximum Gasteiger partial charge on any atom is 0.181 e. The summed E-state index contributed by atoms with van der Waals surface area (Å²) in [6.07, 6.45) is 1.19. The average Bonchev–Trinajstić information content (AvgIpc) is 2.09. The molecule has 0 aromatic carbocycles. The van der Waals surface area contributed by atoms with E-state index in [0.29, 0.717) is 10.4 Å². The fourth-order valence-electron chi connectivity index (χ4n) is 0.676. The Labute approximate surface area is 79.1 Å². The standard InChI is InChI=1S/C8H7BrN2O/c1-6(5-10)12-7-3-2-4-11-8(7)9/h2-4,6H,1H3. The lowest BCUT2D eigenvalue weighted by Crippen LogP contribution is -2.08. The van der Waals surface area contributed by atoms with Gasteiger partial charge in [0, 0.05) is 6.20 Å². The maximum absolute atomic E-state index is 8.48. The monoisotopic (exact) mass is 226 g/mol. The summed E-state index contributed by atoms with van der Waals surface area (Å²) in [4.78, 5) is 3.95. The van der Waals surface area contributed by atoms with E-state index in [1.54, 1.807) is 25.3 Å². The quantitative estimate of drug-likeness (QED) is 0.727. The number of aromatic nitrogens is 1. The van der Waals surface area contributed by atoms with E-state index in [1.807, 2.05) is 6.07 Å². The van der Waals surface area contributed by atoms with Gasteiger partial charge in [-0.2, -0.15) is 5.26 Å². The van der Waals surface area contributed by atoms with Gasteiger partial charge in [-0.25, -0.2) is 4.98 Å². The van der Waals surface area contributed by atoms with Crippen LogP contribution in [0, 0.1) is 11.3 Å². The van der Waals surface area contributed by atoms with Gasteiger partial charge in [0.25, 0.3) is 0 Å². The molecule has 0 saturated carbocycles. The predicted molar refractivity (Wildman–Crippen MR) is 47.6 cm³/mol. The van der Waals surface area contributed by atoms with Crippen LogP contribution in [-0.4, -0.2) is 11.1 Å². The van der Waals surface area contributed by atoms with Crippen molar-refractivity contribution in [1.29, 1.82) is 5.26 Å². The zero-order valence-electron chi connectivity index (χ0n) is 6.49. The Bertz CT molecular complexity index is 308. The second-order valence-corrected chi connectivity index (χ2v) is 2.93. The number of rotatable bonds is 2. The lowest BCUT2D eigenvalue weighted by Gasteiger charge is -2.07.